The maximum absolute atomic E-state index is 11.7. The van der Waals surface area contributed by atoms with Crippen LogP contribution in [0.1, 0.15) is 26.2 Å². The summed E-state index contributed by atoms with van der Waals surface area (Å²) < 4.78 is 5.58. The van der Waals surface area contributed by atoms with Gasteiger partial charge in [-0.15, -0.1) is 0 Å². The van der Waals surface area contributed by atoms with Crippen molar-refractivity contribution in [1.82, 2.24) is 4.90 Å². The number of anilines is 2. The second-order valence-electron chi connectivity index (χ2n) is 6.32. The summed E-state index contributed by atoms with van der Waals surface area (Å²) in [6.07, 6.45) is 3.51. The number of nitrogens with one attached hydrogen (secondary N) is 2. The lowest BCUT2D eigenvalue weighted by Crippen LogP contribution is -2.34. The van der Waals surface area contributed by atoms with Gasteiger partial charge >= 0.3 is 0 Å². The zero-order chi connectivity index (χ0) is 14.4. The fourth-order valence-electron chi connectivity index (χ4n) is 3.21. The molecule has 1 aromatic rings. The van der Waals surface area contributed by atoms with E-state index in [1.54, 1.807) is 6.92 Å². The summed E-state index contributed by atoms with van der Waals surface area (Å²) >= 11 is 0. The average molecular weight is 287 g/mol. The molecule has 1 saturated carbocycles. The highest BCUT2D eigenvalue weighted by Crippen LogP contribution is 2.34. The predicted octanol–water partition coefficient (Wildman–Crippen LogP) is 2.05. The summed E-state index contributed by atoms with van der Waals surface area (Å²) in [6.45, 7) is 4.09. The monoisotopic (exact) mass is 287 g/mol. The quantitative estimate of drug-likeness (QED) is 0.893. The molecule has 5 heteroatoms. The van der Waals surface area contributed by atoms with E-state index >= 15 is 0 Å². The van der Waals surface area contributed by atoms with Crippen molar-refractivity contribution in [3.63, 3.8) is 0 Å². The number of nitrogens with zero attached hydrogens (tertiary/aromatic N) is 1. The molecule has 3 aliphatic rings. The molecule has 0 bridgehead atoms. The Balaban J connectivity index is 1.44. The van der Waals surface area contributed by atoms with Gasteiger partial charge in [-0.1, -0.05) is 0 Å². The number of likely N-dealkylation sites (tertiary alicyclic amines) is 1. The second kappa shape index (κ2) is 4.91. The standard InChI is InChI=1S/C16H21N3O2/c1-10-16(20)18-14-8-11(2-5-15(14)21-10)17-12-6-7-19(9-12)13-3-4-13/h2,5,8,10,12-13,17H,3-4,6-7,9H2,1H3,(H,18,20). The highest BCUT2D eigenvalue weighted by Gasteiger charge is 2.34. The largest absolute Gasteiger partial charge is 0.479 e. The van der Waals surface area contributed by atoms with Gasteiger partial charge in [0.15, 0.2) is 6.10 Å². The summed E-state index contributed by atoms with van der Waals surface area (Å²) in [5.74, 6) is 0.666. The van der Waals surface area contributed by atoms with Crippen molar-refractivity contribution in [2.45, 2.75) is 44.4 Å². The molecule has 1 amide bonds. The summed E-state index contributed by atoms with van der Waals surface area (Å²) in [7, 11) is 0. The maximum atomic E-state index is 11.7. The number of hydrogen-bond donors (Lipinski definition) is 2. The number of ether oxygens (including phenoxy) is 1. The molecule has 0 spiro atoms. The summed E-state index contributed by atoms with van der Waals surface area (Å²) in [6, 6.07) is 7.28. The minimum absolute atomic E-state index is 0.0829. The molecule has 2 unspecified atom stereocenters. The topological polar surface area (TPSA) is 53.6 Å². The number of amides is 1. The van der Waals surface area contributed by atoms with E-state index in [-0.39, 0.29) is 5.91 Å². The van der Waals surface area contributed by atoms with Gasteiger partial charge in [0.25, 0.3) is 5.91 Å². The minimum Gasteiger partial charge on any atom is -0.479 e. The van der Waals surface area contributed by atoms with E-state index in [1.807, 2.05) is 18.2 Å². The van der Waals surface area contributed by atoms with Gasteiger partial charge in [0, 0.05) is 30.9 Å². The molecular formula is C16H21N3O2. The normalized spacial score (nSPS) is 28.7. The number of hydrogen-bond acceptors (Lipinski definition) is 4. The molecule has 0 aromatic heterocycles. The van der Waals surface area contributed by atoms with Gasteiger partial charge in [0.2, 0.25) is 0 Å². The van der Waals surface area contributed by atoms with Gasteiger partial charge in [-0.25, -0.2) is 0 Å². The van der Waals surface area contributed by atoms with Crippen LogP contribution in [0.25, 0.3) is 0 Å². The number of carbonyl (C=O) groups excluding carboxylic acids is 1. The Kier molecular flexibility index (Phi) is 3.03. The number of fused-ring (bicyclic) bond motifs is 1. The minimum atomic E-state index is -0.418. The van der Waals surface area contributed by atoms with Gasteiger partial charge in [-0.2, -0.15) is 0 Å². The second-order valence-corrected chi connectivity index (χ2v) is 6.32. The molecule has 2 fully saturated rings. The molecule has 2 atom stereocenters. The van der Waals surface area contributed by atoms with Crippen molar-refractivity contribution in [1.29, 1.82) is 0 Å². The van der Waals surface area contributed by atoms with E-state index < -0.39 is 6.10 Å². The number of rotatable bonds is 3. The molecule has 21 heavy (non-hydrogen) atoms. The molecule has 2 heterocycles. The van der Waals surface area contributed by atoms with Crippen molar-refractivity contribution in [3.05, 3.63) is 18.2 Å². The van der Waals surface area contributed by atoms with E-state index in [9.17, 15) is 4.79 Å². The molecule has 4 rings (SSSR count). The van der Waals surface area contributed by atoms with Crippen molar-refractivity contribution in [2.75, 3.05) is 23.7 Å². The van der Waals surface area contributed by atoms with E-state index in [0.717, 1.165) is 29.7 Å². The fourth-order valence-corrected chi connectivity index (χ4v) is 3.21. The Bertz CT molecular complexity index is 571. The third-order valence-electron chi connectivity index (χ3n) is 4.56. The van der Waals surface area contributed by atoms with E-state index in [4.69, 9.17) is 4.74 Å². The summed E-state index contributed by atoms with van der Waals surface area (Å²) in [5, 5.41) is 6.48. The zero-order valence-corrected chi connectivity index (χ0v) is 12.3. The summed E-state index contributed by atoms with van der Waals surface area (Å²) in [5.41, 5.74) is 1.81. The first-order valence-electron chi connectivity index (χ1n) is 7.81. The van der Waals surface area contributed by atoms with Gasteiger partial charge in [-0.3, -0.25) is 9.69 Å². The van der Waals surface area contributed by atoms with Crippen LogP contribution in [0, 0.1) is 0 Å². The molecule has 1 aromatic carbocycles. The lowest BCUT2D eigenvalue weighted by atomic mass is 10.2. The van der Waals surface area contributed by atoms with E-state index in [2.05, 4.69) is 15.5 Å². The van der Waals surface area contributed by atoms with Gasteiger partial charge in [-0.05, 0) is 44.4 Å². The Morgan fingerprint density at radius 3 is 3.00 bits per heavy atom. The van der Waals surface area contributed by atoms with Crippen LogP contribution in [0.2, 0.25) is 0 Å². The van der Waals surface area contributed by atoms with Crippen LogP contribution >= 0.6 is 0 Å². The van der Waals surface area contributed by atoms with Crippen LogP contribution in [-0.4, -0.2) is 42.1 Å². The first-order chi connectivity index (χ1) is 10.2. The van der Waals surface area contributed by atoms with Crippen molar-refractivity contribution >= 4 is 17.3 Å². The Morgan fingerprint density at radius 1 is 1.33 bits per heavy atom. The van der Waals surface area contributed by atoms with Crippen LogP contribution in [0.4, 0.5) is 11.4 Å². The Morgan fingerprint density at radius 2 is 2.19 bits per heavy atom. The molecule has 1 saturated heterocycles. The van der Waals surface area contributed by atoms with Crippen LogP contribution in [-0.2, 0) is 4.79 Å². The van der Waals surface area contributed by atoms with Crippen LogP contribution < -0.4 is 15.4 Å². The van der Waals surface area contributed by atoms with Gasteiger partial charge in [0.1, 0.15) is 5.75 Å². The van der Waals surface area contributed by atoms with Crippen molar-refractivity contribution in [2.24, 2.45) is 0 Å². The Labute approximate surface area is 124 Å². The predicted molar refractivity (Wildman–Crippen MR) is 81.8 cm³/mol. The van der Waals surface area contributed by atoms with Crippen molar-refractivity contribution in [3.8, 4) is 5.75 Å². The van der Waals surface area contributed by atoms with E-state index in [0.29, 0.717) is 6.04 Å². The highest BCUT2D eigenvalue weighted by atomic mass is 16.5. The van der Waals surface area contributed by atoms with Gasteiger partial charge < -0.3 is 15.4 Å². The maximum Gasteiger partial charge on any atom is 0.265 e. The highest BCUT2D eigenvalue weighted by molar-refractivity contribution is 5.98. The molecule has 2 N–H and O–H groups in total. The molecule has 2 aliphatic heterocycles. The van der Waals surface area contributed by atoms with Crippen LogP contribution in [0.3, 0.4) is 0 Å². The Hall–Kier alpha value is -1.75. The summed E-state index contributed by atoms with van der Waals surface area (Å²) in [4.78, 5) is 14.3. The third-order valence-corrected chi connectivity index (χ3v) is 4.56. The van der Waals surface area contributed by atoms with Crippen LogP contribution in [0.5, 0.6) is 5.75 Å². The van der Waals surface area contributed by atoms with Gasteiger partial charge in [0.05, 0.1) is 5.69 Å². The smallest absolute Gasteiger partial charge is 0.265 e. The zero-order valence-electron chi connectivity index (χ0n) is 12.3. The van der Waals surface area contributed by atoms with Crippen molar-refractivity contribution < 1.29 is 9.53 Å². The molecule has 112 valence electrons. The SMILES string of the molecule is CC1Oc2ccc(NC3CCN(C4CC4)C3)cc2NC1=O. The first-order valence-corrected chi connectivity index (χ1v) is 7.81. The fraction of sp³-hybridized carbons (Fsp3) is 0.562. The first kappa shape index (κ1) is 13.0. The lowest BCUT2D eigenvalue weighted by molar-refractivity contribution is -0.122. The number of benzene rings is 1. The molecule has 5 nitrogen and oxygen atoms in total. The molecule has 0 radical (unpaired) electrons. The number of carbonyl (C=O) groups is 1. The average Bonchev–Trinajstić information content (AvgIpc) is 3.21. The molecular weight excluding hydrogens is 266 g/mol. The van der Waals surface area contributed by atoms with E-state index in [1.165, 1.54) is 25.8 Å². The van der Waals surface area contributed by atoms with Crippen LogP contribution in [0.15, 0.2) is 18.2 Å². The molecule has 1 aliphatic carbocycles. The lowest BCUT2D eigenvalue weighted by Gasteiger charge is -2.24. The third kappa shape index (κ3) is 2.58.